The molecule has 6 heteroatoms. The van der Waals surface area contributed by atoms with Gasteiger partial charge in [-0.3, -0.25) is 4.31 Å². The predicted molar refractivity (Wildman–Crippen MR) is 94.1 cm³/mol. The quantitative estimate of drug-likeness (QED) is 0.843. The maximum Gasteiger partial charge on any atom is 0.264 e. The van der Waals surface area contributed by atoms with Crippen LogP contribution in [0.5, 0.6) is 0 Å². The highest BCUT2D eigenvalue weighted by atomic mass is 32.2. The summed E-state index contributed by atoms with van der Waals surface area (Å²) in [7, 11) is -3.89. The molecule has 1 atom stereocenters. The van der Waals surface area contributed by atoms with Crippen molar-refractivity contribution in [3.8, 4) is 0 Å². The van der Waals surface area contributed by atoms with Crippen LogP contribution in [-0.2, 0) is 16.4 Å². The molecule has 0 spiro atoms. The Hall–Kier alpha value is -2.34. The number of benzene rings is 2. The van der Waals surface area contributed by atoms with Gasteiger partial charge in [0.2, 0.25) is 0 Å². The maximum absolute atomic E-state index is 13.4. The number of aromatic carboxylic acids is 1. The van der Waals surface area contributed by atoms with Gasteiger partial charge in [-0.15, -0.1) is 0 Å². The molecular formula is C19H20NO4S-. The summed E-state index contributed by atoms with van der Waals surface area (Å²) in [4.78, 5) is 11.3. The Balaban J connectivity index is 2.23. The number of anilines is 1. The van der Waals surface area contributed by atoms with Gasteiger partial charge in [0.1, 0.15) is 0 Å². The Kier molecular flexibility index (Phi) is 4.33. The molecule has 2 aromatic rings. The third-order valence-corrected chi connectivity index (χ3v) is 6.91. The van der Waals surface area contributed by atoms with Crippen LogP contribution in [0.15, 0.2) is 41.3 Å². The standard InChI is InChI=1S/C19H21NO4S/c1-12-10-16(19(21)22)11-18(14(12)3)25(23,24)20-13(2)8-9-15-6-4-5-7-17(15)20/h4-7,10-11,13H,8-9H2,1-3H3,(H,21,22)/p-1/t13-/m0/s1. The lowest BCUT2D eigenvalue weighted by Gasteiger charge is -2.36. The summed E-state index contributed by atoms with van der Waals surface area (Å²) < 4.78 is 28.3. The summed E-state index contributed by atoms with van der Waals surface area (Å²) in [5, 5.41) is 11.3. The topological polar surface area (TPSA) is 77.5 Å². The average molecular weight is 358 g/mol. The van der Waals surface area contributed by atoms with Crippen LogP contribution in [0.1, 0.15) is 40.4 Å². The molecule has 25 heavy (non-hydrogen) atoms. The molecule has 0 saturated carbocycles. The fraction of sp³-hybridized carbons (Fsp3) is 0.316. The summed E-state index contributed by atoms with van der Waals surface area (Å²) in [5.41, 5.74) is 2.69. The van der Waals surface area contributed by atoms with Crippen LogP contribution in [0, 0.1) is 13.8 Å². The SMILES string of the molecule is Cc1cc(C(=O)[O-])cc(S(=O)(=O)N2c3ccccc3CC[C@@H]2C)c1C. The van der Waals surface area contributed by atoms with E-state index >= 15 is 0 Å². The number of carboxylic acids is 1. The van der Waals surface area contributed by atoms with E-state index in [4.69, 9.17) is 0 Å². The Labute approximate surface area is 148 Å². The second-order valence-corrected chi connectivity index (χ2v) is 8.30. The number of carboxylic acid groups (broad SMARTS) is 1. The van der Waals surface area contributed by atoms with Gasteiger partial charge in [0.05, 0.1) is 16.6 Å². The van der Waals surface area contributed by atoms with Crippen LogP contribution < -0.4 is 9.41 Å². The molecule has 0 unspecified atom stereocenters. The van der Waals surface area contributed by atoms with Crippen molar-refractivity contribution in [1.29, 1.82) is 0 Å². The van der Waals surface area contributed by atoms with Crippen molar-refractivity contribution < 1.29 is 18.3 Å². The van der Waals surface area contributed by atoms with Gasteiger partial charge in [0, 0.05) is 6.04 Å². The molecule has 0 N–H and O–H groups in total. The Morgan fingerprint density at radius 2 is 1.88 bits per heavy atom. The molecular weight excluding hydrogens is 338 g/mol. The molecule has 0 saturated heterocycles. The van der Waals surface area contributed by atoms with Crippen molar-refractivity contribution in [2.45, 2.75) is 44.6 Å². The third-order valence-electron chi connectivity index (χ3n) is 4.85. The first-order valence-corrected chi connectivity index (χ1v) is 9.62. The predicted octanol–water partition coefficient (Wildman–Crippen LogP) is 2.20. The minimum Gasteiger partial charge on any atom is -0.545 e. The van der Waals surface area contributed by atoms with Crippen molar-refractivity contribution in [3.05, 3.63) is 58.7 Å². The molecule has 0 bridgehead atoms. The van der Waals surface area contributed by atoms with Crippen molar-refractivity contribution >= 4 is 21.7 Å². The number of nitrogens with zero attached hydrogens (tertiary/aromatic N) is 1. The smallest absolute Gasteiger partial charge is 0.264 e. The lowest BCUT2D eigenvalue weighted by molar-refractivity contribution is -0.255. The molecule has 1 aliphatic rings. The van der Waals surface area contributed by atoms with Gasteiger partial charge in [0.25, 0.3) is 10.0 Å². The van der Waals surface area contributed by atoms with Crippen LogP contribution in [-0.4, -0.2) is 20.4 Å². The van der Waals surface area contributed by atoms with E-state index in [1.165, 1.54) is 16.4 Å². The molecule has 2 aromatic carbocycles. The van der Waals surface area contributed by atoms with E-state index in [2.05, 4.69) is 0 Å². The zero-order valence-electron chi connectivity index (χ0n) is 14.4. The van der Waals surface area contributed by atoms with Crippen LogP contribution in [0.4, 0.5) is 5.69 Å². The van der Waals surface area contributed by atoms with Crippen molar-refractivity contribution in [1.82, 2.24) is 0 Å². The highest BCUT2D eigenvalue weighted by Gasteiger charge is 2.34. The number of aryl methyl sites for hydroxylation is 2. The molecule has 3 rings (SSSR count). The number of carbonyl (C=O) groups is 1. The normalized spacial score (nSPS) is 17.2. The Morgan fingerprint density at radius 1 is 1.20 bits per heavy atom. The zero-order chi connectivity index (χ0) is 18.4. The first-order chi connectivity index (χ1) is 11.7. The molecule has 1 heterocycles. The van der Waals surface area contributed by atoms with E-state index in [-0.39, 0.29) is 16.5 Å². The van der Waals surface area contributed by atoms with Gasteiger partial charge in [-0.2, -0.15) is 0 Å². The second-order valence-electron chi connectivity index (χ2n) is 6.52. The Morgan fingerprint density at radius 3 is 2.56 bits per heavy atom. The van der Waals surface area contributed by atoms with Gasteiger partial charge >= 0.3 is 0 Å². The van der Waals surface area contributed by atoms with E-state index in [1.807, 2.05) is 25.1 Å². The van der Waals surface area contributed by atoms with Crippen molar-refractivity contribution in [3.63, 3.8) is 0 Å². The van der Waals surface area contributed by atoms with Gasteiger partial charge in [-0.05, 0) is 74.1 Å². The Bertz CT molecular complexity index is 950. The minimum absolute atomic E-state index is 0.0234. The summed E-state index contributed by atoms with van der Waals surface area (Å²) >= 11 is 0. The van der Waals surface area contributed by atoms with E-state index in [9.17, 15) is 18.3 Å². The number of carbonyl (C=O) groups excluding carboxylic acids is 1. The maximum atomic E-state index is 13.4. The number of hydrogen-bond acceptors (Lipinski definition) is 4. The molecule has 0 amide bonds. The van der Waals surface area contributed by atoms with Gasteiger partial charge in [0.15, 0.2) is 0 Å². The minimum atomic E-state index is -3.89. The fourth-order valence-electron chi connectivity index (χ4n) is 3.34. The first-order valence-electron chi connectivity index (χ1n) is 8.18. The summed E-state index contributed by atoms with van der Waals surface area (Å²) in [6.07, 6.45) is 1.54. The molecule has 5 nitrogen and oxygen atoms in total. The van der Waals surface area contributed by atoms with E-state index in [0.29, 0.717) is 23.2 Å². The summed E-state index contributed by atoms with van der Waals surface area (Å²) in [6.45, 7) is 5.27. The highest BCUT2D eigenvalue weighted by Crippen LogP contribution is 2.36. The fourth-order valence-corrected chi connectivity index (χ4v) is 5.39. The molecule has 1 aliphatic heterocycles. The van der Waals surface area contributed by atoms with Crippen LogP contribution >= 0.6 is 0 Å². The summed E-state index contributed by atoms with van der Waals surface area (Å²) in [5.74, 6) is -1.38. The average Bonchev–Trinajstić information content (AvgIpc) is 2.56. The van der Waals surface area contributed by atoms with Crippen molar-refractivity contribution in [2.24, 2.45) is 0 Å². The van der Waals surface area contributed by atoms with E-state index in [1.54, 1.807) is 19.9 Å². The monoisotopic (exact) mass is 358 g/mol. The van der Waals surface area contributed by atoms with E-state index < -0.39 is 16.0 Å². The van der Waals surface area contributed by atoms with Crippen molar-refractivity contribution in [2.75, 3.05) is 4.31 Å². The second kappa shape index (κ2) is 6.19. The number of fused-ring (bicyclic) bond motifs is 1. The number of hydrogen-bond donors (Lipinski definition) is 0. The van der Waals surface area contributed by atoms with Gasteiger partial charge in [-0.25, -0.2) is 8.42 Å². The highest BCUT2D eigenvalue weighted by molar-refractivity contribution is 7.93. The molecule has 0 radical (unpaired) electrons. The lowest BCUT2D eigenvalue weighted by atomic mass is 9.99. The number of sulfonamides is 1. The third kappa shape index (κ3) is 2.91. The van der Waals surface area contributed by atoms with Gasteiger partial charge in [-0.1, -0.05) is 18.2 Å². The molecule has 0 aliphatic carbocycles. The van der Waals surface area contributed by atoms with Crippen LogP contribution in [0.2, 0.25) is 0 Å². The summed E-state index contributed by atoms with van der Waals surface area (Å²) in [6, 6.07) is 9.88. The number of rotatable bonds is 3. The molecule has 132 valence electrons. The number of para-hydroxylation sites is 1. The van der Waals surface area contributed by atoms with Crippen LogP contribution in [0.3, 0.4) is 0 Å². The molecule has 0 fully saturated rings. The first kappa shape index (κ1) is 17.5. The van der Waals surface area contributed by atoms with Gasteiger partial charge < -0.3 is 9.90 Å². The lowest BCUT2D eigenvalue weighted by Crippen LogP contribution is -2.42. The largest absolute Gasteiger partial charge is 0.545 e. The van der Waals surface area contributed by atoms with Crippen LogP contribution in [0.25, 0.3) is 0 Å². The van der Waals surface area contributed by atoms with E-state index in [0.717, 1.165) is 12.0 Å². The molecule has 0 aromatic heterocycles. The zero-order valence-corrected chi connectivity index (χ0v) is 15.3.